The summed E-state index contributed by atoms with van der Waals surface area (Å²) in [5.41, 5.74) is 0.540. The van der Waals surface area contributed by atoms with Crippen molar-refractivity contribution < 1.29 is 9.32 Å². The lowest BCUT2D eigenvalue weighted by atomic mass is 9.71. The van der Waals surface area contributed by atoms with Crippen LogP contribution < -0.4 is 0 Å². The molecule has 4 heterocycles. The van der Waals surface area contributed by atoms with Crippen molar-refractivity contribution in [3.63, 3.8) is 0 Å². The standard InChI is InChI=1S/C20H28N6O2/c1-3-26-9-6-16(22-26)19(27)25-12-15(18-21-17(23-28-18)14-4-5-14)20(13-25)7-10-24(2)11-8-20/h6,9,14-15H,3-5,7-8,10-13H2,1-2H3/t15-/m1/s1. The highest BCUT2D eigenvalue weighted by Crippen LogP contribution is 2.50. The molecule has 0 bridgehead atoms. The Hall–Kier alpha value is -2.22. The van der Waals surface area contributed by atoms with Crippen molar-refractivity contribution >= 4 is 5.91 Å². The Kier molecular flexibility index (Phi) is 4.26. The normalized spacial score (nSPS) is 24.9. The fourth-order valence-electron chi connectivity index (χ4n) is 4.74. The average Bonchev–Trinajstić information content (AvgIpc) is 3.13. The van der Waals surface area contributed by atoms with E-state index in [9.17, 15) is 4.79 Å². The van der Waals surface area contributed by atoms with Gasteiger partial charge in [-0.1, -0.05) is 5.16 Å². The van der Waals surface area contributed by atoms with E-state index in [1.165, 1.54) is 0 Å². The van der Waals surface area contributed by atoms with Gasteiger partial charge in [-0.05, 0) is 58.8 Å². The molecule has 0 aromatic carbocycles. The third kappa shape index (κ3) is 3.03. The van der Waals surface area contributed by atoms with Crippen LogP contribution in [0.1, 0.15) is 66.6 Å². The van der Waals surface area contributed by atoms with Crippen LogP contribution in [-0.4, -0.2) is 68.9 Å². The van der Waals surface area contributed by atoms with Gasteiger partial charge in [0.1, 0.15) is 5.69 Å². The summed E-state index contributed by atoms with van der Waals surface area (Å²) in [7, 11) is 2.16. The van der Waals surface area contributed by atoms with Crippen molar-refractivity contribution in [2.45, 2.75) is 51.0 Å². The van der Waals surface area contributed by atoms with Crippen molar-refractivity contribution in [1.29, 1.82) is 0 Å². The quantitative estimate of drug-likeness (QED) is 0.803. The van der Waals surface area contributed by atoms with Crippen LogP contribution in [0.4, 0.5) is 0 Å². The minimum absolute atomic E-state index is 0.00920. The lowest BCUT2D eigenvalue weighted by Gasteiger charge is -2.40. The first-order valence-corrected chi connectivity index (χ1v) is 10.4. The average molecular weight is 384 g/mol. The third-order valence-electron chi connectivity index (χ3n) is 6.80. The second kappa shape index (κ2) is 6.69. The lowest BCUT2D eigenvalue weighted by molar-refractivity contribution is 0.0720. The van der Waals surface area contributed by atoms with Gasteiger partial charge in [-0.15, -0.1) is 0 Å². The highest BCUT2D eigenvalue weighted by Gasteiger charge is 2.52. The maximum absolute atomic E-state index is 13.1. The molecule has 5 rings (SSSR count). The van der Waals surface area contributed by atoms with E-state index >= 15 is 0 Å². The Labute approximate surface area is 164 Å². The summed E-state index contributed by atoms with van der Waals surface area (Å²) < 4.78 is 7.52. The predicted molar refractivity (Wildman–Crippen MR) is 102 cm³/mol. The van der Waals surface area contributed by atoms with Crippen LogP contribution in [0.25, 0.3) is 0 Å². The molecule has 28 heavy (non-hydrogen) atoms. The molecule has 1 aliphatic carbocycles. The first-order valence-electron chi connectivity index (χ1n) is 10.4. The van der Waals surface area contributed by atoms with Crippen molar-refractivity contribution in [3.05, 3.63) is 29.7 Å². The number of carbonyl (C=O) groups is 1. The zero-order valence-electron chi connectivity index (χ0n) is 16.7. The number of nitrogens with zero attached hydrogens (tertiary/aromatic N) is 6. The molecular formula is C20H28N6O2. The van der Waals surface area contributed by atoms with Gasteiger partial charge in [-0.25, -0.2) is 0 Å². The summed E-state index contributed by atoms with van der Waals surface area (Å²) in [4.78, 5) is 22.2. The molecule has 2 aromatic rings. The molecule has 1 amide bonds. The number of amides is 1. The van der Waals surface area contributed by atoms with Crippen LogP contribution in [0.2, 0.25) is 0 Å². The zero-order valence-corrected chi connectivity index (χ0v) is 16.7. The van der Waals surface area contributed by atoms with Crippen LogP contribution >= 0.6 is 0 Å². The van der Waals surface area contributed by atoms with Gasteiger partial charge < -0.3 is 14.3 Å². The van der Waals surface area contributed by atoms with E-state index in [1.54, 1.807) is 4.68 Å². The topological polar surface area (TPSA) is 80.3 Å². The Balaban J connectivity index is 1.42. The molecule has 0 N–H and O–H groups in total. The molecule has 2 saturated heterocycles. The number of piperidine rings is 1. The van der Waals surface area contributed by atoms with Crippen molar-refractivity contribution in [3.8, 4) is 0 Å². The van der Waals surface area contributed by atoms with Gasteiger partial charge in [0.05, 0.1) is 5.92 Å². The van der Waals surface area contributed by atoms with Gasteiger partial charge in [0.25, 0.3) is 5.91 Å². The number of likely N-dealkylation sites (tertiary alicyclic amines) is 2. The summed E-state index contributed by atoms with van der Waals surface area (Å²) in [5, 5.41) is 8.66. The smallest absolute Gasteiger partial charge is 0.274 e. The molecule has 0 radical (unpaired) electrons. The lowest BCUT2D eigenvalue weighted by Crippen LogP contribution is -2.42. The van der Waals surface area contributed by atoms with Gasteiger partial charge in [-0.2, -0.15) is 10.1 Å². The molecule has 150 valence electrons. The number of aryl methyl sites for hydroxylation is 1. The molecule has 1 spiro atoms. The predicted octanol–water partition coefficient (Wildman–Crippen LogP) is 2.12. The largest absolute Gasteiger partial charge is 0.339 e. The molecule has 1 saturated carbocycles. The molecule has 1 atom stereocenters. The maximum atomic E-state index is 13.1. The molecule has 2 aromatic heterocycles. The number of carbonyl (C=O) groups excluding carboxylic acids is 1. The third-order valence-corrected chi connectivity index (χ3v) is 6.80. The van der Waals surface area contributed by atoms with Gasteiger partial charge in [0.15, 0.2) is 5.82 Å². The first-order chi connectivity index (χ1) is 13.6. The summed E-state index contributed by atoms with van der Waals surface area (Å²) >= 11 is 0. The van der Waals surface area contributed by atoms with Crippen molar-refractivity contribution in [2.24, 2.45) is 5.41 Å². The van der Waals surface area contributed by atoms with E-state index in [-0.39, 0.29) is 17.2 Å². The molecule has 3 aliphatic rings. The fourth-order valence-corrected chi connectivity index (χ4v) is 4.74. The van der Waals surface area contributed by atoms with Gasteiger partial charge in [0, 0.05) is 37.2 Å². The van der Waals surface area contributed by atoms with E-state index in [4.69, 9.17) is 9.51 Å². The first kappa shape index (κ1) is 17.8. The molecule has 3 fully saturated rings. The van der Waals surface area contributed by atoms with Crippen LogP contribution in [0.5, 0.6) is 0 Å². The Bertz CT molecular complexity index is 862. The van der Waals surface area contributed by atoms with Crippen LogP contribution in [0.3, 0.4) is 0 Å². The maximum Gasteiger partial charge on any atom is 0.274 e. The number of hydrogen-bond donors (Lipinski definition) is 0. The van der Waals surface area contributed by atoms with E-state index in [2.05, 4.69) is 22.2 Å². The van der Waals surface area contributed by atoms with Crippen LogP contribution in [0.15, 0.2) is 16.8 Å². The number of rotatable bonds is 4. The highest BCUT2D eigenvalue weighted by molar-refractivity contribution is 5.92. The van der Waals surface area contributed by atoms with E-state index < -0.39 is 0 Å². The van der Waals surface area contributed by atoms with Crippen molar-refractivity contribution in [2.75, 3.05) is 33.2 Å². The molecule has 2 aliphatic heterocycles. The van der Waals surface area contributed by atoms with E-state index in [1.807, 2.05) is 24.1 Å². The molecular weight excluding hydrogens is 356 g/mol. The molecule has 0 unspecified atom stereocenters. The molecule has 8 nitrogen and oxygen atoms in total. The van der Waals surface area contributed by atoms with E-state index in [0.717, 1.165) is 63.6 Å². The minimum atomic E-state index is 0.00920. The van der Waals surface area contributed by atoms with Crippen molar-refractivity contribution in [1.82, 2.24) is 29.7 Å². The second-order valence-electron chi connectivity index (χ2n) is 8.73. The number of aromatic nitrogens is 4. The highest BCUT2D eigenvalue weighted by atomic mass is 16.5. The Morgan fingerprint density at radius 1 is 1.32 bits per heavy atom. The van der Waals surface area contributed by atoms with Crippen LogP contribution in [0, 0.1) is 5.41 Å². The number of hydrogen-bond acceptors (Lipinski definition) is 6. The van der Waals surface area contributed by atoms with Crippen LogP contribution in [-0.2, 0) is 6.54 Å². The second-order valence-corrected chi connectivity index (χ2v) is 8.73. The summed E-state index contributed by atoms with van der Waals surface area (Å²) in [6.07, 6.45) is 6.27. The van der Waals surface area contributed by atoms with E-state index in [0.29, 0.717) is 18.2 Å². The van der Waals surface area contributed by atoms with Gasteiger partial charge >= 0.3 is 0 Å². The zero-order chi connectivity index (χ0) is 19.3. The fraction of sp³-hybridized carbons (Fsp3) is 0.700. The molecule has 8 heteroatoms. The minimum Gasteiger partial charge on any atom is -0.339 e. The SMILES string of the molecule is CCn1ccc(C(=O)N2C[C@H](c3nc(C4CC4)no3)C3(CCN(C)CC3)C2)n1. The summed E-state index contributed by atoms with van der Waals surface area (Å²) in [5.74, 6) is 2.17. The summed E-state index contributed by atoms with van der Waals surface area (Å²) in [6.45, 7) is 6.23. The summed E-state index contributed by atoms with van der Waals surface area (Å²) in [6, 6.07) is 1.82. The monoisotopic (exact) mass is 384 g/mol. The van der Waals surface area contributed by atoms with Gasteiger partial charge in [0.2, 0.25) is 5.89 Å². The van der Waals surface area contributed by atoms with Gasteiger partial charge in [-0.3, -0.25) is 9.48 Å². The Morgan fingerprint density at radius 3 is 2.79 bits per heavy atom. The Morgan fingerprint density at radius 2 is 2.11 bits per heavy atom.